The van der Waals surface area contributed by atoms with Gasteiger partial charge >= 0.3 is 5.97 Å². The highest BCUT2D eigenvalue weighted by Crippen LogP contribution is 2.12. The predicted molar refractivity (Wildman–Crippen MR) is 80.8 cm³/mol. The molecule has 0 saturated heterocycles. The number of hydrogen-bond acceptors (Lipinski definition) is 7. The highest BCUT2D eigenvalue weighted by atomic mass is 16.6. The number of rotatable bonds is 12. The van der Waals surface area contributed by atoms with E-state index in [0.717, 1.165) is 5.75 Å². The fourth-order valence-corrected chi connectivity index (χ4v) is 1.44. The summed E-state index contributed by atoms with van der Waals surface area (Å²) < 4.78 is 25.5. The van der Waals surface area contributed by atoms with E-state index in [1.54, 1.807) is 12.1 Å². The number of esters is 1. The first-order chi connectivity index (χ1) is 10.7. The van der Waals surface area contributed by atoms with Crippen LogP contribution in [0.5, 0.6) is 5.75 Å². The smallest absolute Gasteiger partial charge is 0.331 e. The number of benzene rings is 1. The third-order valence-corrected chi connectivity index (χ3v) is 2.57. The van der Waals surface area contributed by atoms with Crippen molar-refractivity contribution in [3.63, 3.8) is 0 Å². The monoisotopic (exact) mass is 313 g/mol. The van der Waals surface area contributed by atoms with Crippen molar-refractivity contribution in [2.75, 3.05) is 59.1 Å². The third-order valence-electron chi connectivity index (χ3n) is 2.57. The second-order valence-electron chi connectivity index (χ2n) is 4.27. The topological polar surface area (TPSA) is 89.2 Å². The Bertz CT molecular complexity index is 409. The highest BCUT2D eigenvalue weighted by Gasteiger charge is 1.99. The minimum absolute atomic E-state index is 0.0567. The molecular weight excluding hydrogens is 290 g/mol. The molecule has 0 radical (unpaired) electrons. The lowest BCUT2D eigenvalue weighted by Gasteiger charge is -2.08. The molecule has 22 heavy (non-hydrogen) atoms. The van der Waals surface area contributed by atoms with E-state index in [1.165, 1.54) is 7.11 Å². The van der Waals surface area contributed by atoms with Crippen LogP contribution in [0.2, 0.25) is 0 Å². The van der Waals surface area contributed by atoms with Crippen LogP contribution >= 0.6 is 0 Å². The molecule has 0 bridgehead atoms. The van der Waals surface area contributed by atoms with Crippen LogP contribution in [-0.4, -0.2) is 59.3 Å². The lowest BCUT2D eigenvalue weighted by Crippen LogP contribution is -2.15. The summed E-state index contributed by atoms with van der Waals surface area (Å²) in [5.74, 6) is 0.362. The van der Waals surface area contributed by atoms with Gasteiger partial charge in [-0.15, -0.1) is 0 Å². The second kappa shape index (κ2) is 11.8. The molecule has 0 aliphatic rings. The second-order valence-corrected chi connectivity index (χ2v) is 4.27. The molecule has 0 saturated carbocycles. The normalized spacial score (nSPS) is 10.4. The van der Waals surface area contributed by atoms with Gasteiger partial charge in [-0.3, -0.25) is 0 Å². The molecule has 2 N–H and O–H groups in total. The zero-order valence-corrected chi connectivity index (χ0v) is 12.8. The molecule has 1 aromatic rings. The number of methoxy groups -OCH3 is 1. The van der Waals surface area contributed by atoms with Crippen molar-refractivity contribution in [2.24, 2.45) is 0 Å². The lowest BCUT2D eigenvalue weighted by molar-refractivity contribution is -0.146. The summed E-state index contributed by atoms with van der Waals surface area (Å²) in [7, 11) is 1.32. The van der Waals surface area contributed by atoms with Crippen LogP contribution in [0.25, 0.3) is 0 Å². The van der Waals surface area contributed by atoms with E-state index in [0.29, 0.717) is 45.3 Å². The fourth-order valence-electron chi connectivity index (χ4n) is 1.44. The fraction of sp³-hybridized carbons (Fsp3) is 0.533. The number of carbonyl (C=O) groups excluding carboxylic acids is 1. The largest absolute Gasteiger partial charge is 0.491 e. The van der Waals surface area contributed by atoms with Crippen LogP contribution in [0.1, 0.15) is 0 Å². The molecule has 7 nitrogen and oxygen atoms in total. The first-order valence-electron chi connectivity index (χ1n) is 7.00. The molecule has 0 fully saturated rings. The van der Waals surface area contributed by atoms with Crippen molar-refractivity contribution >= 4 is 11.7 Å². The Kier molecular flexibility index (Phi) is 9.76. The van der Waals surface area contributed by atoms with Crippen molar-refractivity contribution in [3.05, 3.63) is 24.3 Å². The Labute approximate surface area is 130 Å². The molecule has 0 spiro atoms. The van der Waals surface area contributed by atoms with Gasteiger partial charge in [-0.2, -0.15) is 0 Å². The first kappa shape index (κ1) is 18.2. The Hall–Kier alpha value is -1.83. The van der Waals surface area contributed by atoms with Crippen LogP contribution < -0.4 is 10.5 Å². The number of nitrogen functional groups attached to an aromatic ring is 1. The molecule has 0 atom stereocenters. The molecule has 7 heteroatoms. The van der Waals surface area contributed by atoms with Crippen LogP contribution in [0.15, 0.2) is 24.3 Å². The van der Waals surface area contributed by atoms with Gasteiger partial charge < -0.3 is 29.4 Å². The predicted octanol–water partition coefficient (Wildman–Crippen LogP) is 0.870. The Morgan fingerprint density at radius 2 is 1.45 bits per heavy atom. The summed E-state index contributed by atoms with van der Waals surface area (Å²) in [6.07, 6.45) is 0. The van der Waals surface area contributed by atoms with Crippen LogP contribution in [0, 0.1) is 0 Å². The molecule has 1 aromatic carbocycles. The Balaban J connectivity index is 1.84. The number of carbonyl (C=O) groups is 1. The van der Waals surface area contributed by atoms with E-state index in [-0.39, 0.29) is 6.61 Å². The maximum atomic E-state index is 10.7. The molecule has 0 aromatic heterocycles. The summed E-state index contributed by atoms with van der Waals surface area (Å²) >= 11 is 0. The third kappa shape index (κ3) is 9.17. The van der Waals surface area contributed by atoms with Gasteiger partial charge in [-0.25, -0.2) is 4.79 Å². The van der Waals surface area contributed by atoms with Crippen molar-refractivity contribution in [3.8, 4) is 5.75 Å². The lowest BCUT2D eigenvalue weighted by atomic mass is 10.3. The molecular formula is C15H23NO6. The van der Waals surface area contributed by atoms with E-state index in [4.69, 9.17) is 24.7 Å². The molecule has 124 valence electrons. The van der Waals surface area contributed by atoms with Gasteiger partial charge in [-0.05, 0) is 24.3 Å². The average Bonchev–Trinajstić information content (AvgIpc) is 2.54. The van der Waals surface area contributed by atoms with E-state index in [2.05, 4.69) is 4.74 Å². The summed E-state index contributed by atoms with van der Waals surface area (Å²) in [5, 5.41) is 0. The SMILES string of the molecule is COC(=O)COCCOCCOCCOc1ccc(N)cc1. The summed E-state index contributed by atoms with van der Waals surface area (Å²) in [4.78, 5) is 10.7. The van der Waals surface area contributed by atoms with Crippen molar-refractivity contribution < 1.29 is 28.5 Å². The van der Waals surface area contributed by atoms with Gasteiger partial charge in [0.15, 0.2) is 0 Å². The number of hydrogen-bond donors (Lipinski definition) is 1. The molecule has 1 rings (SSSR count). The minimum atomic E-state index is -0.399. The van der Waals surface area contributed by atoms with E-state index >= 15 is 0 Å². The maximum Gasteiger partial charge on any atom is 0.331 e. The molecule has 0 aliphatic heterocycles. The Morgan fingerprint density at radius 1 is 0.909 bits per heavy atom. The zero-order chi connectivity index (χ0) is 16.0. The molecule has 0 aliphatic carbocycles. The maximum absolute atomic E-state index is 10.7. The first-order valence-corrected chi connectivity index (χ1v) is 7.00. The number of ether oxygens (including phenoxy) is 5. The van der Waals surface area contributed by atoms with E-state index in [1.807, 2.05) is 12.1 Å². The van der Waals surface area contributed by atoms with Gasteiger partial charge in [0, 0.05) is 5.69 Å². The summed E-state index contributed by atoms with van der Waals surface area (Å²) in [6, 6.07) is 7.19. The number of anilines is 1. The minimum Gasteiger partial charge on any atom is -0.491 e. The summed E-state index contributed by atoms with van der Waals surface area (Å²) in [5.41, 5.74) is 6.28. The average molecular weight is 313 g/mol. The van der Waals surface area contributed by atoms with Gasteiger partial charge in [0.1, 0.15) is 19.0 Å². The van der Waals surface area contributed by atoms with E-state index in [9.17, 15) is 4.79 Å². The van der Waals surface area contributed by atoms with Crippen molar-refractivity contribution in [1.82, 2.24) is 0 Å². The molecule has 0 unspecified atom stereocenters. The van der Waals surface area contributed by atoms with Crippen LogP contribution in [0.3, 0.4) is 0 Å². The molecule has 0 heterocycles. The van der Waals surface area contributed by atoms with Gasteiger partial charge in [0.25, 0.3) is 0 Å². The van der Waals surface area contributed by atoms with Crippen LogP contribution in [0.4, 0.5) is 5.69 Å². The quantitative estimate of drug-likeness (QED) is 0.348. The molecule has 0 amide bonds. The van der Waals surface area contributed by atoms with Gasteiger partial charge in [0.05, 0.1) is 40.1 Å². The summed E-state index contributed by atoms with van der Waals surface area (Å²) in [6.45, 7) is 2.57. The zero-order valence-electron chi connectivity index (χ0n) is 12.8. The standard InChI is InChI=1S/C15H23NO6/c1-18-15(17)12-21-9-8-19-6-7-20-10-11-22-14-4-2-13(16)3-5-14/h2-5H,6-12,16H2,1H3. The Morgan fingerprint density at radius 3 is 2.05 bits per heavy atom. The van der Waals surface area contributed by atoms with Gasteiger partial charge in [-0.1, -0.05) is 0 Å². The van der Waals surface area contributed by atoms with E-state index < -0.39 is 5.97 Å². The highest BCUT2D eigenvalue weighted by molar-refractivity contribution is 5.70. The van der Waals surface area contributed by atoms with Crippen LogP contribution in [-0.2, 0) is 23.7 Å². The van der Waals surface area contributed by atoms with Crippen molar-refractivity contribution in [1.29, 1.82) is 0 Å². The number of nitrogens with two attached hydrogens (primary N) is 1. The van der Waals surface area contributed by atoms with Gasteiger partial charge in [0.2, 0.25) is 0 Å². The van der Waals surface area contributed by atoms with Crippen molar-refractivity contribution in [2.45, 2.75) is 0 Å².